The molecule has 1 aliphatic heterocycles. The van der Waals surface area contributed by atoms with E-state index in [1.807, 2.05) is 17.0 Å². The molecule has 1 aliphatic carbocycles. The first-order valence-electron chi connectivity index (χ1n) is 7.80. The summed E-state index contributed by atoms with van der Waals surface area (Å²) in [5.74, 6) is 0.842. The van der Waals surface area contributed by atoms with Crippen molar-refractivity contribution < 1.29 is 4.79 Å². The van der Waals surface area contributed by atoms with E-state index in [1.165, 1.54) is 38.5 Å². The number of hydrogen-bond acceptors (Lipinski definition) is 2. The Labute approximate surface area is 120 Å². The Kier molecular flexibility index (Phi) is 4.19. The average Bonchev–Trinajstić information content (AvgIpc) is 3.12. The highest BCUT2D eigenvalue weighted by atomic mass is 16.2. The van der Waals surface area contributed by atoms with Gasteiger partial charge in [-0.15, -0.1) is 0 Å². The van der Waals surface area contributed by atoms with Crippen LogP contribution in [0.1, 0.15) is 44.9 Å². The van der Waals surface area contributed by atoms with Crippen LogP contribution in [0.25, 0.3) is 0 Å². The zero-order valence-electron chi connectivity index (χ0n) is 11.9. The Morgan fingerprint density at radius 2 is 1.95 bits per heavy atom. The van der Waals surface area contributed by atoms with Gasteiger partial charge >= 0.3 is 6.03 Å². The summed E-state index contributed by atoms with van der Waals surface area (Å²) in [6.07, 6.45) is 12.4. The minimum atomic E-state index is 0.0525. The summed E-state index contributed by atoms with van der Waals surface area (Å²) >= 11 is 0. The second kappa shape index (κ2) is 6.25. The molecule has 0 radical (unpaired) electrons. The summed E-state index contributed by atoms with van der Waals surface area (Å²) in [6.45, 7) is 0.897. The van der Waals surface area contributed by atoms with Gasteiger partial charge in [0.1, 0.15) is 0 Å². The number of carbonyl (C=O) groups excluding carboxylic acids is 1. The molecule has 0 aromatic carbocycles. The van der Waals surface area contributed by atoms with Gasteiger partial charge in [0.2, 0.25) is 0 Å². The van der Waals surface area contributed by atoms with Gasteiger partial charge in [-0.1, -0.05) is 25.7 Å². The first-order valence-corrected chi connectivity index (χ1v) is 7.80. The SMILES string of the molecule is O=C(Nc1ccncc1)N1CCCC1CC1CCCC1. The van der Waals surface area contributed by atoms with Crippen molar-refractivity contribution in [1.29, 1.82) is 0 Å². The number of rotatable bonds is 3. The molecule has 2 amide bonds. The Hall–Kier alpha value is -1.58. The zero-order valence-corrected chi connectivity index (χ0v) is 11.9. The summed E-state index contributed by atoms with van der Waals surface area (Å²) < 4.78 is 0. The first kappa shape index (κ1) is 13.4. The number of likely N-dealkylation sites (tertiary alicyclic amines) is 1. The highest BCUT2D eigenvalue weighted by molar-refractivity contribution is 5.89. The molecule has 1 aromatic heterocycles. The summed E-state index contributed by atoms with van der Waals surface area (Å²) in [4.78, 5) is 18.4. The molecule has 1 N–H and O–H groups in total. The van der Waals surface area contributed by atoms with E-state index in [9.17, 15) is 4.79 Å². The van der Waals surface area contributed by atoms with Crippen LogP contribution in [0.5, 0.6) is 0 Å². The van der Waals surface area contributed by atoms with Crippen LogP contribution in [-0.4, -0.2) is 28.5 Å². The van der Waals surface area contributed by atoms with Crippen molar-refractivity contribution in [2.45, 2.75) is 51.0 Å². The number of carbonyl (C=O) groups is 1. The molecule has 20 heavy (non-hydrogen) atoms. The second-order valence-electron chi connectivity index (χ2n) is 6.04. The molecule has 1 atom stereocenters. The van der Waals surface area contributed by atoms with Gasteiger partial charge in [0.05, 0.1) is 0 Å². The van der Waals surface area contributed by atoms with Crippen LogP contribution in [0.4, 0.5) is 10.5 Å². The number of nitrogens with zero attached hydrogens (tertiary/aromatic N) is 2. The minimum Gasteiger partial charge on any atom is -0.322 e. The fourth-order valence-corrected chi connectivity index (χ4v) is 3.61. The lowest BCUT2D eigenvalue weighted by molar-refractivity contribution is 0.197. The molecule has 0 spiro atoms. The van der Waals surface area contributed by atoms with E-state index in [0.29, 0.717) is 6.04 Å². The van der Waals surface area contributed by atoms with Crippen molar-refractivity contribution in [3.63, 3.8) is 0 Å². The Morgan fingerprint density at radius 3 is 2.70 bits per heavy atom. The van der Waals surface area contributed by atoms with Gasteiger partial charge in [0.25, 0.3) is 0 Å². The van der Waals surface area contributed by atoms with Crippen molar-refractivity contribution in [3.05, 3.63) is 24.5 Å². The maximum atomic E-state index is 12.4. The molecule has 1 aromatic rings. The predicted octanol–water partition coefficient (Wildman–Crippen LogP) is 3.66. The Balaban J connectivity index is 1.58. The van der Waals surface area contributed by atoms with Crippen molar-refractivity contribution in [2.75, 3.05) is 11.9 Å². The van der Waals surface area contributed by atoms with Gasteiger partial charge in [-0.2, -0.15) is 0 Å². The Morgan fingerprint density at radius 1 is 1.20 bits per heavy atom. The third-order valence-corrected chi connectivity index (χ3v) is 4.65. The average molecular weight is 273 g/mol. The summed E-state index contributed by atoms with van der Waals surface area (Å²) in [7, 11) is 0. The highest BCUT2D eigenvalue weighted by Gasteiger charge is 2.31. The summed E-state index contributed by atoms with van der Waals surface area (Å²) in [5, 5.41) is 2.99. The molecule has 2 heterocycles. The summed E-state index contributed by atoms with van der Waals surface area (Å²) in [5.41, 5.74) is 0.830. The van der Waals surface area contributed by atoms with Gasteiger partial charge < -0.3 is 10.2 Å². The maximum Gasteiger partial charge on any atom is 0.322 e. The van der Waals surface area contributed by atoms with Crippen LogP contribution in [0.15, 0.2) is 24.5 Å². The van der Waals surface area contributed by atoms with Crippen molar-refractivity contribution in [2.24, 2.45) is 5.92 Å². The van der Waals surface area contributed by atoms with Crippen molar-refractivity contribution in [1.82, 2.24) is 9.88 Å². The predicted molar refractivity (Wildman–Crippen MR) is 79.6 cm³/mol. The maximum absolute atomic E-state index is 12.4. The van der Waals surface area contributed by atoms with E-state index < -0.39 is 0 Å². The fourth-order valence-electron chi connectivity index (χ4n) is 3.61. The fraction of sp³-hybridized carbons (Fsp3) is 0.625. The molecule has 3 rings (SSSR count). The number of anilines is 1. The van der Waals surface area contributed by atoms with E-state index in [-0.39, 0.29) is 6.03 Å². The molecule has 2 aliphatic rings. The minimum absolute atomic E-state index is 0.0525. The molecule has 1 saturated carbocycles. The molecule has 1 unspecified atom stereocenters. The monoisotopic (exact) mass is 273 g/mol. The molecule has 1 saturated heterocycles. The van der Waals surface area contributed by atoms with Gasteiger partial charge in [0.15, 0.2) is 0 Å². The third-order valence-electron chi connectivity index (χ3n) is 4.65. The van der Waals surface area contributed by atoms with E-state index in [1.54, 1.807) is 12.4 Å². The Bertz CT molecular complexity index is 442. The standard InChI is InChI=1S/C16H23N3O/c20-16(18-14-7-9-17-10-8-14)19-11-3-6-15(19)12-13-4-1-2-5-13/h7-10,13,15H,1-6,11-12H2,(H,17,18,20). The molecule has 4 nitrogen and oxygen atoms in total. The van der Waals surface area contributed by atoms with Gasteiger partial charge in [-0.3, -0.25) is 4.98 Å². The summed E-state index contributed by atoms with van der Waals surface area (Å²) in [6, 6.07) is 4.16. The van der Waals surface area contributed by atoms with Crippen LogP contribution in [0.3, 0.4) is 0 Å². The van der Waals surface area contributed by atoms with Gasteiger partial charge in [-0.05, 0) is 37.3 Å². The van der Waals surface area contributed by atoms with E-state index >= 15 is 0 Å². The normalized spacial score (nSPS) is 23.2. The smallest absolute Gasteiger partial charge is 0.322 e. The highest BCUT2D eigenvalue weighted by Crippen LogP contribution is 2.33. The van der Waals surface area contributed by atoms with Crippen LogP contribution < -0.4 is 5.32 Å². The molecule has 108 valence electrons. The van der Waals surface area contributed by atoms with E-state index in [4.69, 9.17) is 0 Å². The lowest BCUT2D eigenvalue weighted by atomic mass is 9.97. The van der Waals surface area contributed by atoms with Crippen molar-refractivity contribution in [3.8, 4) is 0 Å². The molecule has 0 bridgehead atoms. The van der Waals surface area contributed by atoms with Gasteiger partial charge in [-0.25, -0.2) is 4.79 Å². The molecule has 2 fully saturated rings. The lowest BCUT2D eigenvalue weighted by Crippen LogP contribution is -2.39. The number of urea groups is 1. The molecular formula is C16H23N3O. The van der Waals surface area contributed by atoms with Gasteiger partial charge in [0, 0.05) is 30.7 Å². The number of nitrogens with one attached hydrogen (secondary N) is 1. The zero-order chi connectivity index (χ0) is 13.8. The second-order valence-corrected chi connectivity index (χ2v) is 6.04. The number of aromatic nitrogens is 1. The van der Waals surface area contributed by atoms with Crippen LogP contribution in [-0.2, 0) is 0 Å². The molecular weight excluding hydrogens is 250 g/mol. The van der Waals surface area contributed by atoms with Crippen LogP contribution in [0.2, 0.25) is 0 Å². The van der Waals surface area contributed by atoms with Crippen molar-refractivity contribution >= 4 is 11.7 Å². The molecule has 4 heteroatoms. The lowest BCUT2D eigenvalue weighted by Gasteiger charge is -2.27. The van der Waals surface area contributed by atoms with E-state index in [2.05, 4.69) is 10.3 Å². The number of hydrogen-bond donors (Lipinski definition) is 1. The van der Waals surface area contributed by atoms with Crippen LogP contribution >= 0.6 is 0 Å². The largest absolute Gasteiger partial charge is 0.322 e. The topological polar surface area (TPSA) is 45.2 Å². The van der Waals surface area contributed by atoms with E-state index in [0.717, 1.165) is 24.6 Å². The third kappa shape index (κ3) is 3.11. The number of amides is 2. The quantitative estimate of drug-likeness (QED) is 0.913. The number of pyridine rings is 1. The van der Waals surface area contributed by atoms with Crippen LogP contribution in [0, 0.1) is 5.92 Å². The first-order chi connectivity index (χ1) is 9.83.